The molecule has 1 aromatic carbocycles. The molecule has 5 heteroatoms. The molecule has 1 atom stereocenters. The molecule has 2 rings (SSSR count). The van der Waals surface area contributed by atoms with E-state index in [-0.39, 0.29) is 24.4 Å². The third-order valence-corrected chi connectivity index (χ3v) is 5.07. The van der Waals surface area contributed by atoms with Crippen molar-refractivity contribution in [1.82, 2.24) is 0 Å². The number of methoxy groups -OCH3 is 2. The Bertz CT molecular complexity index is 445. The van der Waals surface area contributed by atoms with E-state index in [9.17, 15) is 4.79 Å². The van der Waals surface area contributed by atoms with Crippen LogP contribution in [0.3, 0.4) is 0 Å². The van der Waals surface area contributed by atoms with E-state index in [1.807, 2.05) is 19.1 Å². The van der Waals surface area contributed by atoms with E-state index in [2.05, 4.69) is 0 Å². The number of carbonyl (C=O) groups excluding carboxylic acids is 1. The summed E-state index contributed by atoms with van der Waals surface area (Å²) in [5.74, 6) is 1.26. The van der Waals surface area contributed by atoms with Gasteiger partial charge in [0.05, 0.1) is 14.2 Å². The van der Waals surface area contributed by atoms with Crippen molar-refractivity contribution in [3.63, 3.8) is 0 Å². The monoisotopic (exact) mass is 288 g/mol. The van der Waals surface area contributed by atoms with Crippen molar-refractivity contribution in [2.45, 2.75) is 38.3 Å². The van der Waals surface area contributed by atoms with Crippen LogP contribution in [0.25, 0.3) is 0 Å². The Morgan fingerprint density at radius 1 is 1.15 bits per heavy atom. The first-order valence-electron chi connectivity index (χ1n) is 6.69. The second kappa shape index (κ2) is 8.08. The maximum atomic E-state index is 12.5. The van der Waals surface area contributed by atoms with Gasteiger partial charge < -0.3 is 9.47 Å². The summed E-state index contributed by atoms with van der Waals surface area (Å²) in [7, 11) is 3.54. The summed E-state index contributed by atoms with van der Waals surface area (Å²) >= 11 is 0. The van der Waals surface area contributed by atoms with Crippen molar-refractivity contribution < 1.29 is 14.3 Å². The molecule has 0 N–H and O–H groups in total. The maximum absolute atomic E-state index is 12.5. The molecule has 1 unspecified atom stereocenters. The molecule has 1 fully saturated rings. The average Bonchev–Trinajstić information content (AvgIpc) is 2.90. The summed E-state index contributed by atoms with van der Waals surface area (Å²) in [6.07, 6.45) is 4.88. The fourth-order valence-electron chi connectivity index (χ4n) is 2.59. The second-order valence-corrected chi connectivity index (χ2v) is 6.56. The van der Waals surface area contributed by atoms with Crippen LogP contribution < -0.4 is 9.47 Å². The molecule has 20 heavy (non-hydrogen) atoms. The fraction of sp³-hybridized carbons (Fsp3) is 0.533. The van der Waals surface area contributed by atoms with Crippen molar-refractivity contribution in [2.24, 2.45) is 0 Å². The Morgan fingerprint density at radius 3 is 2.10 bits per heavy atom. The number of hydrogen-bond donors (Lipinski definition) is 0. The van der Waals surface area contributed by atoms with Crippen LogP contribution in [0.1, 0.15) is 41.6 Å². The van der Waals surface area contributed by atoms with Gasteiger partial charge in [-0.2, -0.15) is 0 Å². The van der Waals surface area contributed by atoms with E-state index in [4.69, 9.17) is 9.47 Å². The number of benzene rings is 1. The predicted octanol–water partition coefficient (Wildman–Crippen LogP) is 3.13. The first kappa shape index (κ1) is 17.6. The van der Waals surface area contributed by atoms with E-state index in [0.717, 1.165) is 5.56 Å². The van der Waals surface area contributed by atoms with Gasteiger partial charge in [0.15, 0.2) is 5.52 Å². The Hall–Kier alpha value is -0.483. The molecular weight excluding hydrogens is 266 g/mol. The third kappa shape index (κ3) is 4.01. The van der Waals surface area contributed by atoms with Gasteiger partial charge in [-0.1, -0.05) is 12.8 Å². The fourth-order valence-corrected chi connectivity index (χ4v) is 4.05. The van der Waals surface area contributed by atoms with Gasteiger partial charge in [-0.15, -0.1) is 0 Å². The Kier molecular flexibility index (Phi) is 7.10. The number of aryl methyl sites for hydroxylation is 1. The molecule has 3 nitrogen and oxygen atoms in total. The molecule has 1 aliphatic rings. The summed E-state index contributed by atoms with van der Waals surface area (Å²) in [5.41, 5.74) is 2.37. The van der Waals surface area contributed by atoms with Gasteiger partial charge in [-0.3, -0.25) is 4.79 Å². The molecule has 0 saturated heterocycles. The third-order valence-electron chi connectivity index (χ3n) is 3.57. The van der Waals surface area contributed by atoms with Crippen LogP contribution in [-0.2, 0) is 0 Å². The summed E-state index contributed by atoms with van der Waals surface area (Å²) in [4.78, 5) is 12.5. The minimum atomic E-state index is 0. The van der Waals surface area contributed by atoms with Crippen LogP contribution in [-0.4, -0.2) is 44.3 Å². The first-order chi connectivity index (χ1) is 9.15. The van der Waals surface area contributed by atoms with Gasteiger partial charge in [0, 0.05) is 0 Å². The summed E-state index contributed by atoms with van der Waals surface area (Å²) in [5, 5.41) is 0. The Labute approximate surface area is 134 Å². The van der Waals surface area contributed by atoms with Crippen LogP contribution in [0.15, 0.2) is 12.1 Å². The molecule has 106 valence electrons. The van der Waals surface area contributed by atoms with Gasteiger partial charge in [0.1, 0.15) is 17.1 Å². The van der Waals surface area contributed by atoms with Crippen LogP contribution in [0.4, 0.5) is 0 Å². The van der Waals surface area contributed by atoms with Crippen molar-refractivity contribution in [3.05, 3.63) is 23.3 Å². The molecule has 0 bridgehead atoms. The quantitative estimate of drug-likeness (QED) is 0.617. The molecule has 0 amide bonds. The zero-order valence-corrected chi connectivity index (χ0v) is 12.8. The molecular formula is C15H22LiO3P. The number of hydrogen-bond acceptors (Lipinski definition) is 3. The average molecular weight is 288 g/mol. The summed E-state index contributed by atoms with van der Waals surface area (Å²) < 4.78 is 10.7. The van der Waals surface area contributed by atoms with Gasteiger partial charge in [-0.05, 0) is 51.7 Å². The minimum absolute atomic E-state index is 0. The predicted molar refractivity (Wildman–Crippen MR) is 86.3 cm³/mol. The molecule has 1 saturated carbocycles. The SMILES string of the molecule is COc1cc(C)cc(OC)c1C(=O)PC1CCCC1.[LiH]. The van der Waals surface area contributed by atoms with Crippen LogP contribution >= 0.6 is 8.58 Å². The van der Waals surface area contributed by atoms with Crippen molar-refractivity contribution >= 4 is 33.0 Å². The Balaban J connectivity index is 0.00000200. The standard InChI is InChI=1S/C15H21O3P.Li.H/c1-10-8-12(17-2)14(13(9-10)18-3)15(16)19-11-6-4-5-7-11;;/h8-9,11,19H,4-7H2,1-3H3;;. The van der Waals surface area contributed by atoms with E-state index in [1.54, 1.807) is 14.2 Å². The summed E-state index contributed by atoms with van der Waals surface area (Å²) in [6.45, 7) is 1.97. The van der Waals surface area contributed by atoms with Gasteiger partial charge in [0.25, 0.3) is 0 Å². The molecule has 0 heterocycles. The van der Waals surface area contributed by atoms with Gasteiger partial charge >= 0.3 is 18.9 Å². The Morgan fingerprint density at radius 2 is 1.65 bits per heavy atom. The zero-order chi connectivity index (χ0) is 13.8. The molecule has 0 radical (unpaired) electrons. The van der Waals surface area contributed by atoms with E-state index in [1.165, 1.54) is 25.7 Å². The zero-order valence-electron chi connectivity index (χ0n) is 11.8. The van der Waals surface area contributed by atoms with Crippen LogP contribution in [0, 0.1) is 6.92 Å². The van der Waals surface area contributed by atoms with E-state index < -0.39 is 0 Å². The van der Waals surface area contributed by atoms with Crippen molar-refractivity contribution in [2.75, 3.05) is 14.2 Å². The number of rotatable bonds is 5. The van der Waals surface area contributed by atoms with Gasteiger partial charge in [0.2, 0.25) is 0 Å². The molecule has 0 aromatic heterocycles. The van der Waals surface area contributed by atoms with Crippen molar-refractivity contribution in [3.8, 4) is 11.5 Å². The second-order valence-electron chi connectivity index (χ2n) is 5.00. The van der Waals surface area contributed by atoms with E-state index >= 15 is 0 Å². The molecule has 0 spiro atoms. The topological polar surface area (TPSA) is 35.5 Å². The first-order valence-corrected chi connectivity index (χ1v) is 7.77. The normalized spacial score (nSPS) is 15.3. The number of ether oxygens (including phenoxy) is 2. The van der Waals surface area contributed by atoms with Gasteiger partial charge in [-0.25, -0.2) is 0 Å². The van der Waals surface area contributed by atoms with Crippen LogP contribution in [0.2, 0.25) is 0 Å². The molecule has 1 aliphatic carbocycles. The molecule has 0 aliphatic heterocycles. The summed E-state index contributed by atoms with van der Waals surface area (Å²) in [6, 6.07) is 3.80. The molecule has 1 aromatic rings. The van der Waals surface area contributed by atoms with E-state index in [0.29, 0.717) is 31.3 Å². The van der Waals surface area contributed by atoms with Crippen molar-refractivity contribution in [1.29, 1.82) is 0 Å². The number of carbonyl (C=O) groups is 1. The van der Waals surface area contributed by atoms with Crippen LogP contribution in [0.5, 0.6) is 11.5 Å².